The van der Waals surface area contributed by atoms with Crippen LogP contribution >= 0.6 is 0 Å². The minimum atomic E-state index is -0.242. The van der Waals surface area contributed by atoms with Crippen molar-refractivity contribution < 1.29 is 9.15 Å². The molecule has 0 aliphatic rings. The van der Waals surface area contributed by atoms with Gasteiger partial charge in [0.2, 0.25) is 11.8 Å². The van der Waals surface area contributed by atoms with Gasteiger partial charge in [0.05, 0.1) is 6.61 Å². The van der Waals surface area contributed by atoms with Crippen molar-refractivity contribution in [3.63, 3.8) is 0 Å². The van der Waals surface area contributed by atoms with E-state index in [0.717, 1.165) is 19.3 Å². The zero-order chi connectivity index (χ0) is 12.0. The van der Waals surface area contributed by atoms with E-state index >= 15 is 0 Å². The van der Waals surface area contributed by atoms with Crippen molar-refractivity contribution in [3.05, 3.63) is 11.8 Å². The van der Waals surface area contributed by atoms with E-state index < -0.39 is 0 Å². The van der Waals surface area contributed by atoms with Gasteiger partial charge < -0.3 is 14.9 Å². The minimum Gasteiger partial charge on any atom is -0.423 e. The predicted octanol–water partition coefficient (Wildman–Crippen LogP) is 1.67. The minimum absolute atomic E-state index is 0.242. The number of nitrogens with two attached hydrogens (primary N) is 1. The second-order valence-electron chi connectivity index (χ2n) is 4.01. The smallest absolute Gasteiger partial charge is 0.242 e. The van der Waals surface area contributed by atoms with E-state index in [-0.39, 0.29) is 5.54 Å². The zero-order valence-corrected chi connectivity index (χ0v) is 10.3. The van der Waals surface area contributed by atoms with E-state index in [9.17, 15) is 0 Å². The summed E-state index contributed by atoms with van der Waals surface area (Å²) < 4.78 is 10.8. The van der Waals surface area contributed by atoms with Crippen LogP contribution in [0.1, 0.15) is 45.4 Å². The Morgan fingerprint density at radius 1 is 1.19 bits per heavy atom. The van der Waals surface area contributed by atoms with Crippen LogP contribution in [0, 0.1) is 0 Å². The van der Waals surface area contributed by atoms with Gasteiger partial charge in [-0.2, -0.15) is 0 Å². The first-order valence-electron chi connectivity index (χ1n) is 5.81. The molecule has 1 aromatic heterocycles. The number of aryl methyl sites for hydroxylation is 1. The highest BCUT2D eigenvalue weighted by Crippen LogP contribution is 2.12. The first-order chi connectivity index (χ1) is 7.63. The summed E-state index contributed by atoms with van der Waals surface area (Å²) in [6, 6.07) is 0. The maximum Gasteiger partial charge on any atom is 0.242 e. The molecule has 0 aliphatic heterocycles. The number of rotatable bonds is 7. The van der Waals surface area contributed by atoms with Gasteiger partial charge in [0.15, 0.2) is 0 Å². The van der Waals surface area contributed by atoms with Crippen molar-refractivity contribution in [2.75, 3.05) is 6.61 Å². The molecule has 0 unspecified atom stereocenters. The summed E-state index contributed by atoms with van der Waals surface area (Å²) in [6.45, 7) is 6.95. The highest BCUT2D eigenvalue weighted by atomic mass is 16.5. The van der Waals surface area contributed by atoms with Crippen LogP contribution in [-0.4, -0.2) is 22.3 Å². The maximum absolute atomic E-state index is 6.10. The van der Waals surface area contributed by atoms with Crippen molar-refractivity contribution >= 4 is 0 Å². The molecule has 2 N–H and O–H groups in total. The molecule has 0 radical (unpaired) electrons. The second kappa shape index (κ2) is 5.96. The normalized spacial score (nSPS) is 12.0. The molecule has 16 heavy (non-hydrogen) atoms. The lowest BCUT2D eigenvalue weighted by Gasteiger charge is -2.25. The van der Waals surface area contributed by atoms with E-state index in [1.165, 1.54) is 0 Å². The molecule has 0 saturated carbocycles. The van der Waals surface area contributed by atoms with E-state index in [1.807, 2.05) is 6.92 Å². The van der Waals surface area contributed by atoms with E-state index in [1.54, 1.807) is 0 Å². The Morgan fingerprint density at radius 3 is 2.31 bits per heavy atom. The Hall–Kier alpha value is -0.940. The molecule has 1 heterocycles. The van der Waals surface area contributed by atoms with Crippen LogP contribution < -0.4 is 5.73 Å². The zero-order valence-electron chi connectivity index (χ0n) is 10.3. The molecule has 0 bridgehead atoms. The Labute approximate surface area is 96.4 Å². The quantitative estimate of drug-likeness (QED) is 0.767. The third-order valence-corrected chi connectivity index (χ3v) is 2.83. The summed E-state index contributed by atoms with van der Waals surface area (Å²) in [7, 11) is 0. The Morgan fingerprint density at radius 2 is 1.81 bits per heavy atom. The van der Waals surface area contributed by atoms with Crippen molar-refractivity contribution in [2.45, 2.75) is 52.2 Å². The van der Waals surface area contributed by atoms with Crippen LogP contribution in [0.2, 0.25) is 0 Å². The van der Waals surface area contributed by atoms with Crippen molar-refractivity contribution in [3.8, 4) is 0 Å². The van der Waals surface area contributed by atoms with Crippen LogP contribution in [0.5, 0.6) is 0 Å². The second-order valence-corrected chi connectivity index (χ2v) is 4.01. The average Bonchev–Trinajstić information content (AvgIpc) is 2.77. The molecule has 0 fully saturated rings. The van der Waals surface area contributed by atoms with Crippen molar-refractivity contribution in [2.24, 2.45) is 5.73 Å². The molecule has 0 spiro atoms. The first kappa shape index (κ1) is 13.1. The third-order valence-electron chi connectivity index (χ3n) is 2.83. The van der Waals surface area contributed by atoms with Crippen LogP contribution in [0.3, 0.4) is 0 Å². The molecule has 0 saturated heterocycles. The van der Waals surface area contributed by atoms with Crippen LogP contribution in [0.25, 0.3) is 0 Å². The SMILES string of the molecule is CCc1nnc(COCC(N)(CC)CC)o1. The molecule has 1 rings (SSSR count). The lowest BCUT2D eigenvalue weighted by atomic mass is 9.96. The average molecular weight is 227 g/mol. The summed E-state index contributed by atoms with van der Waals surface area (Å²) in [5.41, 5.74) is 5.86. The van der Waals surface area contributed by atoms with Crippen molar-refractivity contribution in [1.82, 2.24) is 10.2 Å². The van der Waals surface area contributed by atoms with Gasteiger partial charge in [0.1, 0.15) is 6.61 Å². The molecule has 92 valence electrons. The van der Waals surface area contributed by atoms with Crippen molar-refractivity contribution in [1.29, 1.82) is 0 Å². The third kappa shape index (κ3) is 3.57. The number of hydrogen-bond acceptors (Lipinski definition) is 5. The number of hydrogen-bond donors (Lipinski definition) is 1. The highest BCUT2D eigenvalue weighted by Gasteiger charge is 2.20. The van der Waals surface area contributed by atoms with E-state index in [2.05, 4.69) is 24.0 Å². The Balaban J connectivity index is 2.35. The Bertz CT molecular complexity index is 308. The van der Waals surface area contributed by atoms with Gasteiger partial charge in [0, 0.05) is 12.0 Å². The molecule has 5 nitrogen and oxygen atoms in total. The molecule has 1 aromatic rings. The number of nitrogens with zero attached hydrogens (tertiary/aromatic N) is 2. The summed E-state index contributed by atoms with van der Waals surface area (Å²) in [6.07, 6.45) is 2.54. The van der Waals surface area contributed by atoms with E-state index in [0.29, 0.717) is 25.0 Å². The lowest BCUT2D eigenvalue weighted by molar-refractivity contribution is 0.0566. The molecular weight excluding hydrogens is 206 g/mol. The summed E-state index contributed by atoms with van der Waals surface area (Å²) in [4.78, 5) is 0. The summed E-state index contributed by atoms with van der Waals surface area (Å²) >= 11 is 0. The Kier molecular flexibility index (Phi) is 4.89. The monoisotopic (exact) mass is 227 g/mol. The van der Waals surface area contributed by atoms with Gasteiger partial charge in [-0.25, -0.2) is 0 Å². The molecule has 5 heteroatoms. The number of ether oxygens (including phenoxy) is 1. The van der Waals surface area contributed by atoms with E-state index in [4.69, 9.17) is 14.9 Å². The van der Waals surface area contributed by atoms with Gasteiger partial charge >= 0.3 is 0 Å². The fourth-order valence-corrected chi connectivity index (χ4v) is 1.29. The molecule has 0 aromatic carbocycles. The summed E-state index contributed by atoms with van der Waals surface area (Å²) in [5, 5.41) is 7.74. The van der Waals surface area contributed by atoms with Crippen LogP contribution in [-0.2, 0) is 17.8 Å². The number of aromatic nitrogens is 2. The fraction of sp³-hybridized carbons (Fsp3) is 0.818. The lowest BCUT2D eigenvalue weighted by Crippen LogP contribution is -2.43. The largest absolute Gasteiger partial charge is 0.423 e. The molecular formula is C11H21N3O2. The van der Waals surface area contributed by atoms with Gasteiger partial charge in [0.25, 0.3) is 0 Å². The van der Waals surface area contributed by atoms with Gasteiger partial charge in [-0.1, -0.05) is 20.8 Å². The van der Waals surface area contributed by atoms with Gasteiger partial charge in [-0.15, -0.1) is 10.2 Å². The van der Waals surface area contributed by atoms with Gasteiger partial charge in [-0.05, 0) is 12.8 Å². The topological polar surface area (TPSA) is 74.2 Å². The van der Waals surface area contributed by atoms with Gasteiger partial charge in [-0.3, -0.25) is 0 Å². The molecule has 0 amide bonds. The first-order valence-corrected chi connectivity index (χ1v) is 5.81. The fourth-order valence-electron chi connectivity index (χ4n) is 1.29. The van der Waals surface area contributed by atoms with Crippen LogP contribution in [0.15, 0.2) is 4.42 Å². The highest BCUT2D eigenvalue weighted by molar-refractivity contribution is 4.82. The predicted molar refractivity (Wildman–Crippen MR) is 60.8 cm³/mol. The maximum atomic E-state index is 6.10. The molecule has 0 atom stereocenters. The summed E-state index contributed by atoms with van der Waals surface area (Å²) in [5.74, 6) is 1.16. The standard InChI is InChI=1S/C11H21N3O2/c1-4-9-13-14-10(16-9)7-15-8-11(12,5-2)6-3/h4-8,12H2,1-3H3. The van der Waals surface area contributed by atoms with Crippen LogP contribution in [0.4, 0.5) is 0 Å². The molecule has 0 aliphatic carbocycles.